The Morgan fingerprint density at radius 3 is 2.55 bits per heavy atom. The Labute approximate surface area is 232 Å². The van der Waals surface area contributed by atoms with E-state index < -0.39 is 28.2 Å². The summed E-state index contributed by atoms with van der Waals surface area (Å²) in [5.74, 6) is -0.615. The van der Waals surface area contributed by atoms with Crippen molar-refractivity contribution in [3.8, 4) is 11.4 Å². The number of halogens is 1. The highest BCUT2D eigenvalue weighted by molar-refractivity contribution is 8.01. The standard InChI is InChI=1S/C25H24ClN5O5S2/c1-25(2)20(23(34)35)31-21(33)19(22(31)38-25)27-18(32)13-37-24-29-28-17(30(24)15-6-4-3-5-7-15)12-36-16-10-8-14(26)9-11-16/h3-11,19-20,22H,12-13H2,1-2H3,(H,27,32)(H,34,35). The number of aliphatic carboxylic acids is 1. The van der Waals surface area contributed by atoms with Gasteiger partial charge < -0.3 is 20.1 Å². The number of β-lactam (4-membered cyclic amide) rings is 1. The third-order valence-electron chi connectivity index (χ3n) is 6.22. The monoisotopic (exact) mass is 573 g/mol. The maximum Gasteiger partial charge on any atom is 0.327 e. The molecule has 2 aliphatic heterocycles. The molecule has 198 valence electrons. The van der Waals surface area contributed by atoms with E-state index in [1.165, 1.54) is 28.4 Å². The van der Waals surface area contributed by atoms with E-state index in [0.717, 1.165) is 5.69 Å². The lowest BCUT2D eigenvalue weighted by molar-refractivity contribution is -0.160. The average Bonchev–Trinajstić information content (AvgIpc) is 3.42. The third kappa shape index (κ3) is 5.07. The van der Waals surface area contributed by atoms with E-state index in [9.17, 15) is 19.5 Å². The fraction of sp³-hybridized carbons (Fsp3) is 0.320. The summed E-state index contributed by atoms with van der Waals surface area (Å²) in [6, 6.07) is 14.8. The number of hydrogen-bond donors (Lipinski definition) is 2. The number of fused-ring (bicyclic) bond motifs is 1. The van der Waals surface area contributed by atoms with Gasteiger partial charge >= 0.3 is 5.97 Å². The van der Waals surface area contributed by atoms with Crippen LogP contribution in [0.1, 0.15) is 19.7 Å². The fourth-order valence-corrected chi connectivity index (χ4v) is 7.03. The number of carboxylic acids is 1. The summed E-state index contributed by atoms with van der Waals surface area (Å²) < 4.78 is 7.02. The molecule has 2 saturated heterocycles. The molecular formula is C25H24ClN5O5S2. The molecule has 13 heteroatoms. The fourth-order valence-electron chi connectivity index (χ4n) is 4.49. The van der Waals surface area contributed by atoms with Gasteiger partial charge in [0.2, 0.25) is 11.8 Å². The van der Waals surface area contributed by atoms with Crippen LogP contribution in [0.25, 0.3) is 5.69 Å². The van der Waals surface area contributed by atoms with E-state index in [0.29, 0.717) is 21.8 Å². The Hall–Kier alpha value is -3.22. The van der Waals surface area contributed by atoms with Crippen molar-refractivity contribution in [1.82, 2.24) is 25.0 Å². The van der Waals surface area contributed by atoms with E-state index in [1.807, 2.05) is 34.9 Å². The second kappa shape index (κ2) is 10.5. The molecule has 0 spiro atoms. The van der Waals surface area contributed by atoms with Gasteiger partial charge in [-0.25, -0.2) is 4.79 Å². The molecule has 38 heavy (non-hydrogen) atoms. The van der Waals surface area contributed by atoms with Crippen molar-refractivity contribution in [2.75, 3.05) is 5.75 Å². The first-order chi connectivity index (χ1) is 18.2. The van der Waals surface area contributed by atoms with Crippen LogP contribution in [-0.2, 0) is 21.0 Å². The van der Waals surface area contributed by atoms with Crippen LogP contribution in [0.2, 0.25) is 5.02 Å². The van der Waals surface area contributed by atoms with E-state index in [-0.39, 0.29) is 24.2 Å². The van der Waals surface area contributed by atoms with Gasteiger partial charge in [0, 0.05) is 15.5 Å². The van der Waals surface area contributed by atoms with Crippen molar-refractivity contribution in [2.24, 2.45) is 0 Å². The summed E-state index contributed by atoms with van der Waals surface area (Å²) in [5.41, 5.74) is 0.809. The molecule has 3 heterocycles. The lowest BCUT2D eigenvalue weighted by atomic mass is 9.96. The number of nitrogens with one attached hydrogen (secondary N) is 1. The quantitative estimate of drug-likeness (QED) is 0.293. The number of para-hydroxylation sites is 1. The predicted molar refractivity (Wildman–Crippen MR) is 144 cm³/mol. The molecule has 2 N–H and O–H groups in total. The summed E-state index contributed by atoms with van der Waals surface area (Å²) in [7, 11) is 0. The molecule has 0 bridgehead atoms. The largest absolute Gasteiger partial charge is 0.486 e. The molecule has 0 aliphatic carbocycles. The van der Waals surface area contributed by atoms with Gasteiger partial charge in [0.25, 0.3) is 0 Å². The van der Waals surface area contributed by atoms with Crippen molar-refractivity contribution in [1.29, 1.82) is 0 Å². The predicted octanol–water partition coefficient (Wildman–Crippen LogP) is 3.22. The van der Waals surface area contributed by atoms with Crippen LogP contribution in [0, 0.1) is 0 Å². The number of rotatable bonds is 9. The van der Waals surface area contributed by atoms with Crippen LogP contribution in [-0.4, -0.2) is 70.5 Å². The van der Waals surface area contributed by atoms with Gasteiger partial charge in [0.05, 0.1) is 5.75 Å². The van der Waals surface area contributed by atoms with Gasteiger partial charge in [0.1, 0.15) is 29.8 Å². The maximum absolute atomic E-state index is 12.8. The summed E-state index contributed by atoms with van der Waals surface area (Å²) in [4.78, 5) is 38.5. The number of hydrogen-bond acceptors (Lipinski definition) is 8. The van der Waals surface area contributed by atoms with Crippen LogP contribution < -0.4 is 10.1 Å². The lowest BCUT2D eigenvalue weighted by Gasteiger charge is -2.43. The number of carboxylic acid groups (broad SMARTS) is 1. The molecular weight excluding hydrogens is 550 g/mol. The first-order valence-corrected chi connectivity index (χ1v) is 13.9. The Balaban J connectivity index is 1.25. The Bertz CT molecular complexity index is 1370. The minimum absolute atomic E-state index is 0.00404. The SMILES string of the molecule is CC1(C)SC2C(NC(=O)CSc3nnc(COc4ccc(Cl)cc4)n3-c3ccccc3)C(=O)N2C1C(=O)O. The van der Waals surface area contributed by atoms with E-state index in [4.69, 9.17) is 16.3 Å². The minimum Gasteiger partial charge on any atom is -0.486 e. The summed E-state index contributed by atoms with van der Waals surface area (Å²) in [6.45, 7) is 3.73. The lowest BCUT2D eigenvalue weighted by Crippen LogP contribution is -2.70. The highest BCUT2D eigenvalue weighted by Gasteiger charge is 2.64. The van der Waals surface area contributed by atoms with Crippen molar-refractivity contribution >= 4 is 52.9 Å². The first-order valence-electron chi connectivity index (χ1n) is 11.7. The molecule has 0 radical (unpaired) electrons. The van der Waals surface area contributed by atoms with Gasteiger partial charge in [-0.2, -0.15) is 0 Å². The topological polar surface area (TPSA) is 127 Å². The molecule has 2 amide bonds. The van der Waals surface area contributed by atoms with Gasteiger partial charge in [-0.3, -0.25) is 14.2 Å². The molecule has 2 aliphatic rings. The number of thioether (sulfide) groups is 2. The van der Waals surface area contributed by atoms with Crippen LogP contribution in [0.4, 0.5) is 0 Å². The van der Waals surface area contributed by atoms with Gasteiger partial charge in [-0.1, -0.05) is 41.6 Å². The van der Waals surface area contributed by atoms with Gasteiger partial charge in [-0.15, -0.1) is 22.0 Å². The zero-order valence-corrected chi connectivity index (χ0v) is 22.8. The molecule has 2 fully saturated rings. The number of nitrogens with zero attached hydrogens (tertiary/aromatic N) is 4. The van der Waals surface area contributed by atoms with Crippen molar-refractivity contribution < 1.29 is 24.2 Å². The second-order valence-electron chi connectivity index (χ2n) is 9.24. The molecule has 2 aromatic carbocycles. The first kappa shape index (κ1) is 26.4. The van der Waals surface area contributed by atoms with E-state index in [2.05, 4.69) is 15.5 Å². The van der Waals surface area contributed by atoms with Crippen molar-refractivity contribution in [2.45, 2.75) is 47.8 Å². The summed E-state index contributed by atoms with van der Waals surface area (Å²) >= 11 is 8.51. The van der Waals surface area contributed by atoms with Crippen molar-refractivity contribution in [3.63, 3.8) is 0 Å². The summed E-state index contributed by atoms with van der Waals surface area (Å²) in [6.07, 6.45) is 0. The smallest absolute Gasteiger partial charge is 0.327 e. The molecule has 5 rings (SSSR count). The highest BCUT2D eigenvalue weighted by atomic mass is 35.5. The minimum atomic E-state index is -1.05. The van der Waals surface area contributed by atoms with Crippen LogP contribution in [0.5, 0.6) is 5.75 Å². The number of carbonyl (C=O) groups is 3. The van der Waals surface area contributed by atoms with Crippen LogP contribution >= 0.6 is 35.1 Å². The molecule has 1 aromatic heterocycles. The molecule has 10 nitrogen and oxygen atoms in total. The zero-order valence-electron chi connectivity index (χ0n) is 20.4. The second-order valence-corrected chi connectivity index (χ2v) is 12.4. The number of ether oxygens (including phenoxy) is 1. The van der Waals surface area contributed by atoms with E-state index >= 15 is 0 Å². The number of aromatic nitrogens is 3. The number of amides is 2. The van der Waals surface area contributed by atoms with Gasteiger partial charge in [0.15, 0.2) is 11.0 Å². The normalized spacial score (nSPS) is 21.5. The molecule has 3 unspecified atom stereocenters. The Morgan fingerprint density at radius 2 is 1.87 bits per heavy atom. The van der Waals surface area contributed by atoms with Gasteiger partial charge in [-0.05, 0) is 50.2 Å². The molecule has 0 saturated carbocycles. The highest BCUT2D eigenvalue weighted by Crippen LogP contribution is 2.50. The third-order valence-corrected chi connectivity index (χ3v) is 8.97. The zero-order chi connectivity index (χ0) is 27.0. The Morgan fingerprint density at radius 1 is 1.16 bits per heavy atom. The van der Waals surface area contributed by atoms with Crippen LogP contribution in [0.3, 0.4) is 0 Å². The molecule has 3 aromatic rings. The number of benzene rings is 2. The maximum atomic E-state index is 12.8. The number of carbonyl (C=O) groups excluding carboxylic acids is 2. The molecule has 3 atom stereocenters. The van der Waals surface area contributed by atoms with Crippen LogP contribution in [0.15, 0.2) is 59.8 Å². The summed E-state index contributed by atoms with van der Waals surface area (Å²) in [5, 5.41) is 21.6. The Kier molecular flexibility index (Phi) is 7.30. The van der Waals surface area contributed by atoms with Crippen molar-refractivity contribution in [3.05, 3.63) is 65.4 Å². The van der Waals surface area contributed by atoms with E-state index in [1.54, 1.807) is 38.1 Å². The average molecular weight is 574 g/mol.